The fraction of sp³-hybridized carbons (Fsp3) is 0.261. The molecule has 0 aliphatic heterocycles. The maximum atomic E-state index is 11.7. The molecule has 9 heteroatoms. The van der Waals surface area contributed by atoms with E-state index in [-0.39, 0.29) is 5.69 Å². The highest BCUT2D eigenvalue weighted by atomic mass is 16.4. The summed E-state index contributed by atoms with van der Waals surface area (Å²) in [5.41, 5.74) is 4.10. The van der Waals surface area contributed by atoms with Gasteiger partial charge in [0.05, 0.1) is 11.8 Å². The molecule has 0 aliphatic rings. The monoisotopic (exact) mass is 432 g/mol. The number of aromatic carboxylic acids is 1. The van der Waals surface area contributed by atoms with Crippen molar-refractivity contribution >= 4 is 5.97 Å². The topological polar surface area (TPSA) is 130 Å². The molecule has 32 heavy (non-hydrogen) atoms. The first-order valence-corrected chi connectivity index (χ1v) is 10.4. The second-order valence-corrected chi connectivity index (χ2v) is 7.57. The minimum Gasteiger partial charge on any atom is -0.476 e. The van der Waals surface area contributed by atoms with Crippen molar-refractivity contribution in [2.75, 3.05) is 0 Å². The third kappa shape index (κ3) is 4.15. The summed E-state index contributed by atoms with van der Waals surface area (Å²) in [6.45, 7) is 4.00. The molecule has 0 radical (unpaired) electrons. The summed E-state index contributed by atoms with van der Waals surface area (Å²) in [4.78, 5) is 16.0. The van der Waals surface area contributed by atoms with Crippen LogP contribution in [0.2, 0.25) is 0 Å². The average molecular weight is 432 g/mol. The Labute approximate surface area is 184 Å². The number of rotatable bonds is 8. The molecule has 1 atom stereocenters. The molecule has 0 amide bonds. The number of hydrogen-bond donors (Lipinski definition) is 3. The maximum Gasteiger partial charge on any atom is 0.356 e. The molecular weight excluding hydrogens is 408 g/mol. The van der Waals surface area contributed by atoms with E-state index in [1.165, 1.54) is 0 Å². The zero-order valence-electron chi connectivity index (χ0n) is 17.9. The van der Waals surface area contributed by atoms with Gasteiger partial charge in [0.1, 0.15) is 5.82 Å². The Hall–Kier alpha value is -3.85. The zero-order chi connectivity index (χ0) is 22.7. The first kappa shape index (κ1) is 21.4. The van der Waals surface area contributed by atoms with Crippen LogP contribution < -0.4 is 0 Å². The van der Waals surface area contributed by atoms with E-state index in [4.69, 9.17) is 0 Å². The van der Waals surface area contributed by atoms with Gasteiger partial charge in [-0.15, -0.1) is 5.10 Å². The number of tetrazole rings is 1. The van der Waals surface area contributed by atoms with Crippen molar-refractivity contribution in [1.29, 1.82) is 0 Å². The predicted octanol–water partition coefficient (Wildman–Crippen LogP) is 3.48. The molecule has 0 saturated carbocycles. The highest BCUT2D eigenvalue weighted by molar-refractivity contribution is 5.87. The fourth-order valence-corrected chi connectivity index (χ4v) is 3.87. The molecule has 2 aromatic heterocycles. The number of hydrogen-bond acceptors (Lipinski definition) is 6. The number of aliphatic hydroxyl groups excluding tert-OH is 1. The largest absolute Gasteiger partial charge is 0.476 e. The number of carboxylic acid groups (broad SMARTS) is 1. The lowest BCUT2D eigenvalue weighted by molar-refractivity contribution is 0.0683. The molecule has 0 saturated heterocycles. The SMILES string of the molecule is CCCc1nc(C(=O)O)c(C(C)O)n1Cc1ccc(-c2ccccc2-c2nnn[nH]2)cc1. The van der Waals surface area contributed by atoms with E-state index >= 15 is 0 Å². The van der Waals surface area contributed by atoms with E-state index in [9.17, 15) is 15.0 Å². The van der Waals surface area contributed by atoms with Crippen molar-refractivity contribution in [3.63, 3.8) is 0 Å². The summed E-state index contributed by atoms with van der Waals surface area (Å²) in [5.74, 6) is 0.119. The van der Waals surface area contributed by atoms with E-state index in [0.29, 0.717) is 30.3 Å². The summed E-state index contributed by atoms with van der Waals surface area (Å²) < 4.78 is 1.82. The molecule has 2 heterocycles. The standard InChI is InChI=1S/C23H24N6O3/c1-3-6-19-24-20(23(31)32)21(14(2)30)29(19)13-15-9-11-16(12-10-15)17-7-4-5-8-18(17)22-25-27-28-26-22/h4-5,7-12,14,30H,3,6,13H2,1-2H3,(H,31,32)(H,25,26,27,28). The summed E-state index contributed by atoms with van der Waals surface area (Å²) in [6, 6.07) is 15.9. The van der Waals surface area contributed by atoms with Crippen molar-refractivity contribution < 1.29 is 15.0 Å². The Morgan fingerprint density at radius 1 is 1.12 bits per heavy atom. The quantitative estimate of drug-likeness (QED) is 0.388. The van der Waals surface area contributed by atoms with E-state index in [1.807, 2.05) is 60.0 Å². The second kappa shape index (κ2) is 9.11. The van der Waals surface area contributed by atoms with E-state index in [1.54, 1.807) is 6.92 Å². The lowest BCUT2D eigenvalue weighted by atomic mass is 9.98. The van der Waals surface area contributed by atoms with Crippen LogP contribution in [0, 0.1) is 0 Å². The summed E-state index contributed by atoms with van der Waals surface area (Å²) >= 11 is 0. The minimum atomic E-state index is -1.13. The van der Waals surface area contributed by atoms with E-state index in [2.05, 4.69) is 25.6 Å². The minimum absolute atomic E-state index is 0.0883. The average Bonchev–Trinajstić information content (AvgIpc) is 3.44. The van der Waals surface area contributed by atoms with Crippen molar-refractivity contribution in [3.05, 3.63) is 71.3 Å². The number of nitrogens with one attached hydrogen (secondary N) is 1. The Bertz CT molecular complexity index is 1210. The van der Waals surface area contributed by atoms with E-state index < -0.39 is 12.1 Å². The molecule has 164 valence electrons. The smallest absolute Gasteiger partial charge is 0.356 e. The van der Waals surface area contributed by atoms with Gasteiger partial charge in [-0.2, -0.15) is 0 Å². The number of carboxylic acids is 1. The molecule has 4 aromatic rings. The normalized spacial score (nSPS) is 12.1. The van der Waals surface area contributed by atoms with Gasteiger partial charge >= 0.3 is 5.97 Å². The van der Waals surface area contributed by atoms with Gasteiger partial charge in [0.2, 0.25) is 0 Å². The first-order valence-electron chi connectivity index (χ1n) is 10.4. The first-order chi connectivity index (χ1) is 15.5. The Kier molecular flexibility index (Phi) is 6.09. The van der Waals surface area contributed by atoms with Gasteiger partial charge in [0.15, 0.2) is 11.5 Å². The second-order valence-electron chi connectivity index (χ2n) is 7.57. The molecule has 1 unspecified atom stereocenters. The van der Waals surface area contributed by atoms with Crippen LogP contribution in [-0.2, 0) is 13.0 Å². The van der Waals surface area contributed by atoms with Crippen LogP contribution in [0.1, 0.15) is 53.9 Å². The van der Waals surface area contributed by atoms with Crippen molar-refractivity contribution in [2.45, 2.75) is 39.3 Å². The van der Waals surface area contributed by atoms with Crippen LogP contribution in [0.25, 0.3) is 22.5 Å². The Morgan fingerprint density at radius 2 is 1.84 bits per heavy atom. The van der Waals surface area contributed by atoms with Gasteiger partial charge in [-0.05, 0) is 40.5 Å². The number of imidazole rings is 1. The number of aromatic nitrogens is 6. The number of carbonyl (C=O) groups is 1. The highest BCUT2D eigenvalue weighted by Crippen LogP contribution is 2.30. The van der Waals surface area contributed by atoms with Gasteiger partial charge in [0.25, 0.3) is 0 Å². The van der Waals surface area contributed by atoms with Gasteiger partial charge < -0.3 is 14.8 Å². The zero-order valence-corrected chi connectivity index (χ0v) is 17.9. The van der Waals surface area contributed by atoms with Gasteiger partial charge in [-0.1, -0.05) is 55.5 Å². The van der Waals surface area contributed by atoms with E-state index in [0.717, 1.165) is 28.7 Å². The number of H-pyrrole nitrogens is 1. The van der Waals surface area contributed by atoms with Crippen LogP contribution in [0.5, 0.6) is 0 Å². The van der Waals surface area contributed by atoms with Crippen molar-refractivity contribution in [3.8, 4) is 22.5 Å². The Morgan fingerprint density at radius 3 is 2.44 bits per heavy atom. The highest BCUT2D eigenvalue weighted by Gasteiger charge is 2.24. The van der Waals surface area contributed by atoms with Gasteiger partial charge in [-0.3, -0.25) is 0 Å². The molecule has 0 spiro atoms. The number of benzene rings is 2. The van der Waals surface area contributed by atoms with Crippen LogP contribution in [0.15, 0.2) is 48.5 Å². The van der Waals surface area contributed by atoms with Gasteiger partial charge in [-0.25, -0.2) is 14.9 Å². The number of aryl methyl sites for hydroxylation is 1. The summed E-state index contributed by atoms with van der Waals surface area (Å²) in [6.07, 6.45) is 0.506. The summed E-state index contributed by atoms with van der Waals surface area (Å²) in [7, 11) is 0. The number of nitrogens with zero attached hydrogens (tertiary/aromatic N) is 5. The Balaban J connectivity index is 1.68. The predicted molar refractivity (Wildman–Crippen MR) is 118 cm³/mol. The lowest BCUT2D eigenvalue weighted by Gasteiger charge is -2.15. The molecule has 0 aliphatic carbocycles. The molecule has 3 N–H and O–H groups in total. The maximum absolute atomic E-state index is 11.7. The lowest BCUT2D eigenvalue weighted by Crippen LogP contribution is -2.13. The molecule has 9 nitrogen and oxygen atoms in total. The molecular formula is C23H24N6O3. The molecule has 4 rings (SSSR count). The van der Waals surface area contributed by atoms with Crippen LogP contribution in [-0.4, -0.2) is 46.4 Å². The van der Waals surface area contributed by atoms with Crippen molar-refractivity contribution in [2.24, 2.45) is 0 Å². The van der Waals surface area contributed by atoms with Crippen LogP contribution >= 0.6 is 0 Å². The third-order valence-electron chi connectivity index (χ3n) is 5.29. The van der Waals surface area contributed by atoms with Crippen molar-refractivity contribution in [1.82, 2.24) is 30.2 Å². The van der Waals surface area contributed by atoms with Gasteiger partial charge in [0, 0.05) is 18.5 Å². The molecule has 0 bridgehead atoms. The third-order valence-corrected chi connectivity index (χ3v) is 5.29. The molecule has 0 fully saturated rings. The number of aliphatic hydroxyl groups is 1. The molecule has 2 aromatic carbocycles. The fourth-order valence-electron chi connectivity index (χ4n) is 3.87. The summed E-state index contributed by atoms with van der Waals surface area (Å²) in [5, 5.41) is 34.0. The van der Waals surface area contributed by atoms with Crippen LogP contribution in [0.4, 0.5) is 0 Å². The number of aromatic amines is 1. The van der Waals surface area contributed by atoms with Crippen LogP contribution in [0.3, 0.4) is 0 Å².